The third kappa shape index (κ3) is 4.57. The van der Waals surface area contributed by atoms with Crippen LogP contribution in [0.2, 0.25) is 0 Å². The molecule has 6 nitrogen and oxygen atoms in total. The molecule has 1 N–H and O–H groups in total. The Morgan fingerprint density at radius 2 is 2.08 bits per heavy atom. The molecule has 0 aromatic carbocycles. The molecule has 0 spiro atoms. The second kappa shape index (κ2) is 8.43. The number of ether oxygens (including phenoxy) is 1. The van der Waals surface area contributed by atoms with Crippen molar-refractivity contribution in [3.63, 3.8) is 0 Å². The first-order valence-electron chi connectivity index (χ1n) is 9.22. The number of hydrogen-bond donors (Lipinski definition) is 1. The maximum absolute atomic E-state index is 12.1. The number of carbonyl (C=O) groups is 1. The van der Waals surface area contributed by atoms with Gasteiger partial charge in [-0.1, -0.05) is 11.6 Å². The number of rotatable bonds is 5. The lowest BCUT2D eigenvalue weighted by molar-refractivity contribution is -0.135. The largest absolute Gasteiger partial charge is 0.375 e. The molecule has 0 fully saturated rings. The molecule has 1 aliphatic carbocycles. The molecule has 0 saturated carbocycles. The minimum absolute atomic E-state index is 0.0434. The second-order valence-electron chi connectivity index (χ2n) is 6.82. The van der Waals surface area contributed by atoms with Gasteiger partial charge in [-0.05, 0) is 39.0 Å². The topological polar surface area (TPSA) is 67.3 Å². The van der Waals surface area contributed by atoms with E-state index in [9.17, 15) is 4.79 Å². The normalized spacial score (nSPS) is 17.5. The molecule has 3 rings (SSSR count). The van der Waals surface area contributed by atoms with Crippen LogP contribution in [0.3, 0.4) is 0 Å². The number of nitrogens with one attached hydrogen (secondary N) is 1. The Morgan fingerprint density at radius 3 is 2.84 bits per heavy atom. The summed E-state index contributed by atoms with van der Waals surface area (Å²) < 4.78 is 4.99. The number of aromatic nitrogens is 2. The van der Waals surface area contributed by atoms with Gasteiger partial charge < -0.3 is 15.0 Å². The number of fused-ring (bicyclic) bond motifs is 1. The quantitative estimate of drug-likeness (QED) is 0.830. The van der Waals surface area contributed by atoms with Crippen LogP contribution < -0.4 is 5.32 Å². The van der Waals surface area contributed by atoms with Crippen molar-refractivity contribution < 1.29 is 9.53 Å². The van der Waals surface area contributed by atoms with Crippen molar-refractivity contribution in [2.45, 2.75) is 45.4 Å². The Bertz CT molecular complexity index is 657. The number of hydrogen-bond acceptors (Lipinski definition) is 5. The van der Waals surface area contributed by atoms with Crippen LogP contribution in [0.15, 0.2) is 11.6 Å². The van der Waals surface area contributed by atoms with Crippen LogP contribution in [0.4, 0.5) is 5.82 Å². The summed E-state index contributed by atoms with van der Waals surface area (Å²) in [7, 11) is 1.56. The van der Waals surface area contributed by atoms with Crippen molar-refractivity contribution >= 4 is 11.7 Å². The van der Waals surface area contributed by atoms with E-state index in [1.165, 1.54) is 31.3 Å². The third-order valence-corrected chi connectivity index (χ3v) is 4.94. The molecule has 2 aliphatic rings. The SMILES string of the molecule is COCC(=O)N1CCc2nc(C)nc(NCC3=CCCCC3)c2CC1. The second-order valence-corrected chi connectivity index (χ2v) is 6.82. The van der Waals surface area contributed by atoms with Crippen molar-refractivity contribution in [1.82, 2.24) is 14.9 Å². The number of anilines is 1. The first-order valence-corrected chi connectivity index (χ1v) is 9.22. The Labute approximate surface area is 149 Å². The predicted octanol–water partition coefficient (Wildman–Crippen LogP) is 2.27. The Balaban J connectivity index is 1.73. The van der Waals surface area contributed by atoms with E-state index < -0.39 is 0 Å². The van der Waals surface area contributed by atoms with Crippen molar-refractivity contribution in [2.24, 2.45) is 0 Å². The van der Waals surface area contributed by atoms with E-state index in [2.05, 4.69) is 21.4 Å². The summed E-state index contributed by atoms with van der Waals surface area (Å²) in [5.74, 6) is 1.77. The maximum Gasteiger partial charge on any atom is 0.248 e. The fraction of sp³-hybridized carbons (Fsp3) is 0.632. The number of methoxy groups -OCH3 is 1. The Kier molecular flexibility index (Phi) is 6.02. The smallest absolute Gasteiger partial charge is 0.248 e. The van der Waals surface area contributed by atoms with Crippen molar-refractivity contribution in [2.75, 3.05) is 38.7 Å². The minimum atomic E-state index is 0.0434. The molecular formula is C19H28N4O2. The molecule has 0 atom stereocenters. The number of allylic oxidation sites excluding steroid dienone is 1. The fourth-order valence-corrected chi connectivity index (χ4v) is 3.60. The molecule has 0 radical (unpaired) electrons. The van der Waals surface area contributed by atoms with Crippen LogP contribution in [-0.4, -0.2) is 54.1 Å². The fourth-order valence-electron chi connectivity index (χ4n) is 3.60. The lowest BCUT2D eigenvalue weighted by Gasteiger charge is -2.19. The van der Waals surface area contributed by atoms with Gasteiger partial charge in [0.15, 0.2) is 0 Å². The van der Waals surface area contributed by atoms with Crippen LogP contribution in [-0.2, 0) is 22.4 Å². The van der Waals surface area contributed by atoms with Gasteiger partial charge in [-0.15, -0.1) is 0 Å². The van der Waals surface area contributed by atoms with Gasteiger partial charge in [-0.25, -0.2) is 9.97 Å². The third-order valence-electron chi connectivity index (χ3n) is 4.94. The van der Waals surface area contributed by atoms with E-state index in [0.717, 1.165) is 42.3 Å². The molecule has 1 amide bonds. The zero-order valence-corrected chi connectivity index (χ0v) is 15.3. The number of carbonyl (C=O) groups excluding carboxylic acids is 1. The van der Waals surface area contributed by atoms with Gasteiger partial charge in [0.2, 0.25) is 5.91 Å². The molecular weight excluding hydrogens is 316 g/mol. The van der Waals surface area contributed by atoms with E-state index in [-0.39, 0.29) is 12.5 Å². The molecule has 6 heteroatoms. The van der Waals surface area contributed by atoms with Gasteiger partial charge in [-0.3, -0.25) is 4.79 Å². The molecule has 1 aliphatic heterocycles. The monoisotopic (exact) mass is 344 g/mol. The first kappa shape index (κ1) is 17.9. The molecule has 2 heterocycles. The van der Waals surface area contributed by atoms with Crippen LogP contribution in [0.5, 0.6) is 0 Å². The summed E-state index contributed by atoms with van der Waals surface area (Å²) in [6, 6.07) is 0. The number of amides is 1. The van der Waals surface area contributed by atoms with Crippen molar-refractivity contribution in [1.29, 1.82) is 0 Å². The van der Waals surface area contributed by atoms with Crippen LogP contribution in [0.25, 0.3) is 0 Å². The van der Waals surface area contributed by atoms with Gasteiger partial charge >= 0.3 is 0 Å². The van der Waals surface area contributed by atoms with E-state index >= 15 is 0 Å². The van der Waals surface area contributed by atoms with Crippen LogP contribution >= 0.6 is 0 Å². The van der Waals surface area contributed by atoms with E-state index in [1.807, 2.05) is 11.8 Å². The zero-order valence-electron chi connectivity index (χ0n) is 15.3. The zero-order chi connectivity index (χ0) is 17.6. The molecule has 0 unspecified atom stereocenters. The van der Waals surface area contributed by atoms with Gasteiger partial charge in [0.1, 0.15) is 18.2 Å². The van der Waals surface area contributed by atoms with Crippen molar-refractivity contribution in [3.8, 4) is 0 Å². The minimum Gasteiger partial charge on any atom is -0.375 e. The van der Waals surface area contributed by atoms with E-state index in [1.54, 1.807) is 7.11 Å². The summed E-state index contributed by atoms with van der Waals surface area (Å²) >= 11 is 0. The van der Waals surface area contributed by atoms with Crippen LogP contribution in [0, 0.1) is 6.92 Å². The highest BCUT2D eigenvalue weighted by atomic mass is 16.5. The average Bonchev–Trinajstić information content (AvgIpc) is 2.83. The van der Waals surface area contributed by atoms with Gasteiger partial charge in [0.25, 0.3) is 0 Å². The molecule has 1 aromatic heterocycles. The molecule has 136 valence electrons. The molecule has 1 aromatic rings. The Morgan fingerprint density at radius 1 is 1.24 bits per heavy atom. The molecule has 0 bridgehead atoms. The predicted molar refractivity (Wildman–Crippen MR) is 97.7 cm³/mol. The van der Waals surface area contributed by atoms with Crippen molar-refractivity contribution in [3.05, 3.63) is 28.7 Å². The lowest BCUT2D eigenvalue weighted by atomic mass is 9.99. The van der Waals surface area contributed by atoms with Crippen LogP contribution in [0.1, 0.15) is 42.8 Å². The highest BCUT2D eigenvalue weighted by molar-refractivity contribution is 5.77. The summed E-state index contributed by atoms with van der Waals surface area (Å²) in [6.45, 7) is 4.31. The molecule has 0 saturated heterocycles. The van der Waals surface area contributed by atoms with E-state index in [4.69, 9.17) is 4.74 Å². The highest BCUT2D eigenvalue weighted by Crippen LogP contribution is 2.23. The number of aryl methyl sites for hydroxylation is 1. The van der Waals surface area contributed by atoms with Gasteiger partial charge in [-0.2, -0.15) is 0 Å². The maximum atomic E-state index is 12.1. The summed E-state index contributed by atoms with van der Waals surface area (Å²) in [6.07, 6.45) is 8.86. The first-order chi connectivity index (χ1) is 12.2. The summed E-state index contributed by atoms with van der Waals surface area (Å²) in [4.78, 5) is 23.3. The summed E-state index contributed by atoms with van der Waals surface area (Å²) in [5, 5.41) is 3.53. The Hall–Kier alpha value is -1.95. The molecule has 25 heavy (non-hydrogen) atoms. The van der Waals surface area contributed by atoms with Gasteiger partial charge in [0.05, 0.1) is 5.69 Å². The average molecular weight is 344 g/mol. The summed E-state index contributed by atoms with van der Waals surface area (Å²) in [5.41, 5.74) is 3.71. The van der Waals surface area contributed by atoms with Gasteiger partial charge in [0, 0.05) is 38.7 Å². The standard InChI is InChI=1S/C19H28N4O2/c1-14-21-17-9-11-23(18(24)13-25-2)10-8-16(17)19(22-14)20-12-15-6-4-3-5-7-15/h6H,3-5,7-13H2,1-2H3,(H,20,21,22). The highest BCUT2D eigenvalue weighted by Gasteiger charge is 2.22. The number of nitrogens with zero attached hydrogens (tertiary/aromatic N) is 3. The van der Waals surface area contributed by atoms with E-state index in [0.29, 0.717) is 13.1 Å². The lowest BCUT2D eigenvalue weighted by Crippen LogP contribution is -2.35.